The zero-order chi connectivity index (χ0) is 12.1. The molecule has 0 aliphatic carbocycles. The summed E-state index contributed by atoms with van der Waals surface area (Å²) in [4.78, 5) is 7.74. The van der Waals surface area contributed by atoms with Gasteiger partial charge in [0.05, 0.1) is 13.2 Å². The summed E-state index contributed by atoms with van der Waals surface area (Å²) in [6.07, 6.45) is 5.30. The van der Waals surface area contributed by atoms with E-state index in [9.17, 15) is 0 Å². The Labute approximate surface area is 111 Å². The summed E-state index contributed by atoms with van der Waals surface area (Å²) in [5, 5.41) is 3.94. The van der Waals surface area contributed by atoms with E-state index in [1.807, 2.05) is 0 Å². The van der Waals surface area contributed by atoms with Crippen molar-refractivity contribution in [1.29, 1.82) is 0 Å². The number of nitrogens with one attached hydrogen (secondary N) is 1. The van der Waals surface area contributed by atoms with E-state index in [-0.39, 0.29) is 5.28 Å². The summed E-state index contributed by atoms with van der Waals surface area (Å²) in [5.74, 6) is 0. The Kier molecular flexibility index (Phi) is 4.98. The smallest absolute Gasteiger partial charge is 0.223 e. The molecule has 4 nitrogen and oxygen atoms in total. The van der Waals surface area contributed by atoms with Crippen molar-refractivity contribution in [3.8, 4) is 0 Å². The topological polar surface area (TPSA) is 47.0 Å². The van der Waals surface area contributed by atoms with Crippen LogP contribution in [-0.2, 0) is 11.3 Å². The number of aromatic nitrogens is 2. The van der Waals surface area contributed by atoms with Gasteiger partial charge in [-0.25, -0.2) is 9.97 Å². The van der Waals surface area contributed by atoms with Gasteiger partial charge in [-0.15, -0.1) is 0 Å². The molecule has 0 saturated carbocycles. The van der Waals surface area contributed by atoms with Crippen LogP contribution in [0.3, 0.4) is 0 Å². The summed E-state index contributed by atoms with van der Waals surface area (Å²) in [6.45, 7) is 2.20. The van der Waals surface area contributed by atoms with Crippen LogP contribution in [0.1, 0.15) is 24.8 Å². The van der Waals surface area contributed by atoms with Crippen LogP contribution in [0.15, 0.2) is 6.20 Å². The van der Waals surface area contributed by atoms with E-state index in [1.165, 1.54) is 19.3 Å². The molecular formula is C11H15Cl2N3O. The Morgan fingerprint density at radius 3 is 3.00 bits per heavy atom. The molecule has 0 aromatic carbocycles. The van der Waals surface area contributed by atoms with Crippen LogP contribution in [0.2, 0.25) is 10.4 Å². The molecule has 1 atom stereocenters. The number of ether oxygens (including phenoxy) is 1. The molecule has 1 aromatic rings. The molecule has 2 rings (SSSR count). The average molecular weight is 276 g/mol. The normalized spacial score (nSPS) is 20.5. The highest BCUT2D eigenvalue weighted by Crippen LogP contribution is 2.15. The van der Waals surface area contributed by atoms with E-state index in [0.29, 0.717) is 24.4 Å². The van der Waals surface area contributed by atoms with Crippen molar-refractivity contribution < 1.29 is 4.74 Å². The van der Waals surface area contributed by atoms with Crippen LogP contribution in [0.5, 0.6) is 0 Å². The first-order valence-electron chi connectivity index (χ1n) is 5.74. The largest absolute Gasteiger partial charge is 0.375 e. The summed E-state index contributed by atoms with van der Waals surface area (Å²) in [6, 6.07) is 0.454. The van der Waals surface area contributed by atoms with E-state index in [2.05, 4.69) is 15.3 Å². The fraction of sp³-hybridized carbons (Fsp3) is 0.636. The summed E-state index contributed by atoms with van der Waals surface area (Å²) >= 11 is 11.5. The molecule has 1 fully saturated rings. The molecule has 6 heteroatoms. The lowest BCUT2D eigenvalue weighted by molar-refractivity contribution is 0.0908. The Morgan fingerprint density at radius 2 is 2.29 bits per heavy atom. The molecule has 94 valence electrons. The predicted molar refractivity (Wildman–Crippen MR) is 67.3 cm³/mol. The SMILES string of the molecule is Clc1ncc(COC[C@@H]2CCCCN2)c(Cl)n1. The van der Waals surface area contributed by atoms with Gasteiger partial charge in [0.15, 0.2) is 0 Å². The van der Waals surface area contributed by atoms with Crippen molar-refractivity contribution in [2.45, 2.75) is 31.9 Å². The average Bonchev–Trinajstić information content (AvgIpc) is 2.33. The van der Waals surface area contributed by atoms with Crippen LogP contribution in [0, 0.1) is 0 Å². The van der Waals surface area contributed by atoms with Gasteiger partial charge in [0, 0.05) is 17.8 Å². The van der Waals surface area contributed by atoms with Gasteiger partial charge in [0.2, 0.25) is 5.28 Å². The molecule has 1 aliphatic heterocycles. The summed E-state index contributed by atoms with van der Waals surface area (Å²) in [7, 11) is 0. The molecule has 1 N–H and O–H groups in total. The van der Waals surface area contributed by atoms with Crippen LogP contribution >= 0.6 is 23.2 Å². The summed E-state index contributed by atoms with van der Waals surface area (Å²) < 4.78 is 5.61. The van der Waals surface area contributed by atoms with Crippen LogP contribution in [0.4, 0.5) is 0 Å². The second kappa shape index (κ2) is 6.50. The zero-order valence-corrected chi connectivity index (χ0v) is 11.0. The molecule has 1 aliphatic rings. The first-order chi connectivity index (χ1) is 8.25. The third kappa shape index (κ3) is 4.07. The number of piperidine rings is 1. The van der Waals surface area contributed by atoms with Crippen molar-refractivity contribution >= 4 is 23.2 Å². The van der Waals surface area contributed by atoms with Crippen molar-refractivity contribution in [2.75, 3.05) is 13.2 Å². The highest BCUT2D eigenvalue weighted by atomic mass is 35.5. The molecule has 0 unspecified atom stereocenters. The third-order valence-corrected chi connectivity index (χ3v) is 3.28. The van der Waals surface area contributed by atoms with Gasteiger partial charge in [-0.2, -0.15) is 0 Å². The molecule has 0 spiro atoms. The number of hydrogen-bond donors (Lipinski definition) is 1. The molecule has 17 heavy (non-hydrogen) atoms. The predicted octanol–water partition coefficient (Wildman–Crippen LogP) is 2.44. The van der Waals surface area contributed by atoms with Crippen molar-refractivity contribution in [1.82, 2.24) is 15.3 Å². The lowest BCUT2D eigenvalue weighted by atomic mass is 10.1. The van der Waals surface area contributed by atoms with Gasteiger partial charge in [0.25, 0.3) is 0 Å². The van der Waals surface area contributed by atoms with Gasteiger partial charge >= 0.3 is 0 Å². The monoisotopic (exact) mass is 275 g/mol. The van der Waals surface area contributed by atoms with Gasteiger partial charge in [0.1, 0.15) is 5.15 Å². The van der Waals surface area contributed by atoms with Crippen LogP contribution < -0.4 is 5.32 Å². The van der Waals surface area contributed by atoms with Crippen molar-refractivity contribution in [2.24, 2.45) is 0 Å². The minimum absolute atomic E-state index is 0.160. The first-order valence-corrected chi connectivity index (χ1v) is 6.49. The number of halogens is 2. The highest BCUT2D eigenvalue weighted by Gasteiger charge is 2.12. The van der Waals surface area contributed by atoms with E-state index < -0.39 is 0 Å². The number of hydrogen-bond acceptors (Lipinski definition) is 4. The lowest BCUT2D eigenvalue weighted by Gasteiger charge is -2.23. The standard InChI is InChI=1S/C11H15Cl2N3O/c12-10-8(5-15-11(13)16-10)6-17-7-9-3-1-2-4-14-9/h5,9,14H,1-4,6-7H2/t9-/m0/s1. The Hall–Kier alpha value is -0.420. The summed E-state index contributed by atoms with van der Waals surface area (Å²) in [5.41, 5.74) is 0.770. The Morgan fingerprint density at radius 1 is 1.41 bits per heavy atom. The van der Waals surface area contributed by atoms with Gasteiger partial charge in [-0.1, -0.05) is 18.0 Å². The molecule has 0 bridgehead atoms. The maximum absolute atomic E-state index is 5.92. The highest BCUT2D eigenvalue weighted by molar-refractivity contribution is 6.32. The van der Waals surface area contributed by atoms with Gasteiger partial charge in [-0.05, 0) is 31.0 Å². The Bertz CT molecular complexity index is 370. The quantitative estimate of drug-likeness (QED) is 0.677. The third-order valence-electron chi connectivity index (χ3n) is 2.77. The van der Waals surface area contributed by atoms with E-state index in [4.69, 9.17) is 27.9 Å². The van der Waals surface area contributed by atoms with E-state index in [1.54, 1.807) is 6.20 Å². The minimum Gasteiger partial charge on any atom is -0.375 e. The molecular weight excluding hydrogens is 261 g/mol. The maximum atomic E-state index is 5.92. The van der Waals surface area contributed by atoms with Gasteiger partial charge < -0.3 is 10.1 Å². The fourth-order valence-corrected chi connectivity index (χ4v) is 2.20. The van der Waals surface area contributed by atoms with Crippen molar-refractivity contribution in [3.63, 3.8) is 0 Å². The first kappa shape index (κ1) is 13.0. The number of nitrogens with zero attached hydrogens (tertiary/aromatic N) is 2. The molecule has 1 aromatic heterocycles. The van der Waals surface area contributed by atoms with Gasteiger partial charge in [-0.3, -0.25) is 0 Å². The second-order valence-corrected chi connectivity index (χ2v) is 4.81. The Balaban J connectivity index is 1.77. The zero-order valence-electron chi connectivity index (χ0n) is 9.46. The van der Waals surface area contributed by atoms with Crippen molar-refractivity contribution in [3.05, 3.63) is 22.2 Å². The molecule has 2 heterocycles. The molecule has 0 amide bonds. The van der Waals surface area contributed by atoms with Crippen LogP contribution in [-0.4, -0.2) is 29.2 Å². The maximum Gasteiger partial charge on any atom is 0.223 e. The fourth-order valence-electron chi connectivity index (χ4n) is 1.84. The second-order valence-electron chi connectivity index (χ2n) is 4.12. The van der Waals surface area contributed by atoms with E-state index in [0.717, 1.165) is 12.1 Å². The molecule has 1 saturated heterocycles. The molecule has 0 radical (unpaired) electrons. The van der Waals surface area contributed by atoms with E-state index >= 15 is 0 Å². The van der Waals surface area contributed by atoms with Crippen LogP contribution in [0.25, 0.3) is 0 Å². The lowest BCUT2D eigenvalue weighted by Crippen LogP contribution is -2.37. The number of rotatable bonds is 4. The minimum atomic E-state index is 0.160.